The van der Waals surface area contributed by atoms with E-state index in [1.54, 1.807) is 7.11 Å². The number of aliphatic hydroxyl groups is 1. The highest BCUT2D eigenvalue weighted by Crippen LogP contribution is 2.48. The van der Waals surface area contributed by atoms with Crippen LogP contribution in [0.2, 0.25) is 0 Å². The highest BCUT2D eigenvalue weighted by atomic mass is 16.5. The second-order valence-electron chi connectivity index (χ2n) is 6.78. The Hall–Kier alpha value is -2.33. The Balaban J connectivity index is 1.52. The van der Waals surface area contributed by atoms with Crippen LogP contribution in [0.1, 0.15) is 30.4 Å². The summed E-state index contributed by atoms with van der Waals surface area (Å²) in [6.45, 7) is 1.86. The van der Waals surface area contributed by atoms with E-state index in [0.717, 1.165) is 23.3 Å². The maximum absolute atomic E-state index is 12.5. The average molecular weight is 339 g/mol. The van der Waals surface area contributed by atoms with Crippen LogP contribution in [0.25, 0.3) is 0 Å². The van der Waals surface area contributed by atoms with Crippen molar-refractivity contribution in [3.8, 4) is 5.75 Å². The molecule has 1 fully saturated rings. The quantitative estimate of drug-likeness (QED) is 0.815. The maximum atomic E-state index is 12.5. The zero-order valence-corrected chi connectivity index (χ0v) is 14.7. The molecular weight excluding hydrogens is 314 g/mol. The van der Waals surface area contributed by atoms with Gasteiger partial charge in [-0.05, 0) is 42.5 Å². The van der Waals surface area contributed by atoms with Crippen LogP contribution in [0, 0.1) is 5.92 Å². The predicted molar refractivity (Wildman–Crippen MR) is 97.6 cm³/mol. The van der Waals surface area contributed by atoms with Crippen LogP contribution in [0.5, 0.6) is 5.75 Å². The number of rotatable bonds is 7. The molecule has 0 aliphatic heterocycles. The first-order chi connectivity index (χ1) is 12.1. The lowest BCUT2D eigenvalue weighted by molar-refractivity contribution is -0.123. The van der Waals surface area contributed by atoms with Gasteiger partial charge in [0.05, 0.1) is 19.3 Å². The third kappa shape index (κ3) is 4.40. The van der Waals surface area contributed by atoms with Gasteiger partial charge in [-0.15, -0.1) is 0 Å². The molecule has 0 saturated heterocycles. The highest BCUT2D eigenvalue weighted by Gasteiger charge is 2.44. The number of methoxy groups -OCH3 is 1. The van der Waals surface area contributed by atoms with E-state index in [4.69, 9.17) is 4.74 Å². The molecule has 0 radical (unpaired) electrons. The van der Waals surface area contributed by atoms with Crippen molar-refractivity contribution in [2.75, 3.05) is 7.11 Å². The van der Waals surface area contributed by atoms with Crippen molar-refractivity contribution in [2.24, 2.45) is 5.92 Å². The van der Waals surface area contributed by atoms with Crippen molar-refractivity contribution in [2.45, 2.75) is 37.8 Å². The Labute approximate surface area is 148 Å². The monoisotopic (exact) mass is 339 g/mol. The summed E-state index contributed by atoms with van der Waals surface area (Å²) in [5.74, 6) is 1.06. The summed E-state index contributed by atoms with van der Waals surface area (Å²) >= 11 is 0. The third-order valence-corrected chi connectivity index (χ3v) is 4.88. The van der Waals surface area contributed by atoms with E-state index in [1.807, 2.05) is 61.5 Å². The van der Waals surface area contributed by atoms with Crippen LogP contribution < -0.4 is 10.1 Å². The summed E-state index contributed by atoms with van der Waals surface area (Å²) in [5, 5.41) is 13.3. The zero-order chi connectivity index (χ0) is 17.8. The topological polar surface area (TPSA) is 58.6 Å². The van der Waals surface area contributed by atoms with Crippen LogP contribution in [-0.2, 0) is 11.2 Å². The highest BCUT2D eigenvalue weighted by molar-refractivity contribution is 5.83. The van der Waals surface area contributed by atoms with E-state index in [9.17, 15) is 9.90 Å². The molecule has 4 unspecified atom stereocenters. The molecule has 1 saturated carbocycles. The molecular formula is C21H25NO3. The summed E-state index contributed by atoms with van der Waals surface area (Å²) in [7, 11) is 1.64. The number of carbonyl (C=O) groups excluding carboxylic acids is 1. The Morgan fingerprint density at radius 3 is 2.72 bits per heavy atom. The van der Waals surface area contributed by atoms with Gasteiger partial charge in [0.2, 0.25) is 5.91 Å². The Bertz CT molecular complexity index is 716. The van der Waals surface area contributed by atoms with Crippen LogP contribution in [0.15, 0.2) is 54.6 Å². The lowest BCUT2D eigenvalue weighted by atomic mass is 10.0. The SMILES string of the molecule is COc1cccc(C2CC2C(=O)NC(C)C(O)Cc2ccccc2)c1. The van der Waals surface area contributed by atoms with Gasteiger partial charge in [0.25, 0.3) is 0 Å². The minimum atomic E-state index is -0.597. The largest absolute Gasteiger partial charge is 0.497 e. The average Bonchev–Trinajstić information content (AvgIpc) is 3.43. The number of hydrogen-bond acceptors (Lipinski definition) is 3. The van der Waals surface area contributed by atoms with E-state index < -0.39 is 6.10 Å². The van der Waals surface area contributed by atoms with Gasteiger partial charge in [-0.2, -0.15) is 0 Å². The molecule has 4 atom stereocenters. The Morgan fingerprint density at radius 1 is 1.24 bits per heavy atom. The number of hydrogen-bond donors (Lipinski definition) is 2. The number of benzene rings is 2. The number of nitrogens with one attached hydrogen (secondary N) is 1. The van der Waals surface area contributed by atoms with Gasteiger partial charge in [0.15, 0.2) is 0 Å². The van der Waals surface area contributed by atoms with Crippen molar-refractivity contribution in [3.05, 3.63) is 65.7 Å². The van der Waals surface area contributed by atoms with E-state index in [-0.39, 0.29) is 23.8 Å². The van der Waals surface area contributed by atoms with Crippen molar-refractivity contribution in [1.29, 1.82) is 0 Å². The fraction of sp³-hybridized carbons (Fsp3) is 0.381. The molecule has 2 N–H and O–H groups in total. The van der Waals surface area contributed by atoms with Crippen LogP contribution in [-0.4, -0.2) is 30.3 Å². The smallest absolute Gasteiger partial charge is 0.224 e. The first kappa shape index (κ1) is 17.5. The van der Waals surface area contributed by atoms with Crippen molar-refractivity contribution in [1.82, 2.24) is 5.32 Å². The molecule has 0 aromatic heterocycles. The fourth-order valence-corrected chi connectivity index (χ4v) is 3.19. The normalized spacial score (nSPS) is 21.2. The minimum absolute atomic E-state index is 0.0153. The Morgan fingerprint density at radius 2 is 2.00 bits per heavy atom. The molecule has 2 aromatic rings. The molecule has 0 heterocycles. The Kier molecular flexibility index (Phi) is 5.39. The third-order valence-electron chi connectivity index (χ3n) is 4.88. The molecule has 1 aliphatic carbocycles. The second kappa shape index (κ2) is 7.70. The van der Waals surface area contributed by atoms with Gasteiger partial charge in [-0.25, -0.2) is 0 Å². The molecule has 1 amide bonds. The summed E-state index contributed by atoms with van der Waals surface area (Å²) in [4.78, 5) is 12.5. The van der Waals surface area contributed by atoms with Gasteiger partial charge < -0.3 is 15.2 Å². The number of amides is 1. The fourth-order valence-electron chi connectivity index (χ4n) is 3.19. The van der Waals surface area contributed by atoms with Crippen LogP contribution >= 0.6 is 0 Å². The molecule has 132 valence electrons. The lowest BCUT2D eigenvalue weighted by Gasteiger charge is -2.20. The zero-order valence-electron chi connectivity index (χ0n) is 14.7. The first-order valence-corrected chi connectivity index (χ1v) is 8.75. The van der Waals surface area contributed by atoms with E-state index >= 15 is 0 Å². The molecule has 1 aliphatic rings. The van der Waals surface area contributed by atoms with E-state index in [0.29, 0.717) is 6.42 Å². The number of aliphatic hydroxyl groups excluding tert-OH is 1. The maximum Gasteiger partial charge on any atom is 0.224 e. The second-order valence-corrected chi connectivity index (χ2v) is 6.78. The van der Waals surface area contributed by atoms with Crippen molar-refractivity contribution < 1.29 is 14.6 Å². The van der Waals surface area contributed by atoms with E-state index in [2.05, 4.69) is 5.32 Å². The van der Waals surface area contributed by atoms with Crippen molar-refractivity contribution in [3.63, 3.8) is 0 Å². The van der Waals surface area contributed by atoms with E-state index in [1.165, 1.54) is 0 Å². The molecule has 3 rings (SSSR count). The van der Waals surface area contributed by atoms with Crippen LogP contribution in [0.3, 0.4) is 0 Å². The van der Waals surface area contributed by atoms with Gasteiger partial charge in [0, 0.05) is 12.3 Å². The first-order valence-electron chi connectivity index (χ1n) is 8.75. The molecule has 0 spiro atoms. The van der Waals surface area contributed by atoms with Gasteiger partial charge in [-0.3, -0.25) is 4.79 Å². The number of ether oxygens (including phenoxy) is 1. The van der Waals surface area contributed by atoms with Crippen molar-refractivity contribution >= 4 is 5.91 Å². The van der Waals surface area contributed by atoms with Gasteiger partial charge in [0.1, 0.15) is 5.75 Å². The lowest BCUT2D eigenvalue weighted by Crippen LogP contribution is -2.42. The summed E-state index contributed by atoms with van der Waals surface area (Å²) in [6.07, 6.45) is 0.785. The van der Waals surface area contributed by atoms with Gasteiger partial charge in [-0.1, -0.05) is 42.5 Å². The van der Waals surface area contributed by atoms with Crippen LogP contribution in [0.4, 0.5) is 0 Å². The summed E-state index contributed by atoms with van der Waals surface area (Å²) < 4.78 is 5.25. The summed E-state index contributed by atoms with van der Waals surface area (Å²) in [5.41, 5.74) is 2.20. The molecule has 25 heavy (non-hydrogen) atoms. The molecule has 4 heteroatoms. The number of carbonyl (C=O) groups is 1. The minimum Gasteiger partial charge on any atom is -0.497 e. The molecule has 4 nitrogen and oxygen atoms in total. The molecule has 2 aromatic carbocycles. The predicted octanol–water partition coefficient (Wildman–Crippen LogP) is 2.91. The standard InChI is InChI=1S/C21H25NO3/c1-14(20(23)11-15-7-4-3-5-8-15)22-21(24)19-13-18(19)16-9-6-10-17(12-16)25-2/h3-10,12,14,18-20,23H,11,13H2,1-2H3,(H,22,24). The molecule has 0 bridgehead atoms. The summed E-state index contributed by atoms with van der Waals surface area (Å²) in [6, 6.07) is 17.4. The van der Waals surface area contributed by atoms with Gasteiger partial charge >= 0.3 is 0 Å².